The van der Waals surface area contributed by atoms with Gasteiger partial charge in [0.05, 0.1) is 5.69 Å². The quantitative estimate of drug-likeness (QED) is 0.844. The molecule has 1 heterocycles. The maximum Gasteiger partial charge on any atom is 0.312 e. The molecule has 2 rings (SSSR count). The lowest BCUT2D eigenvalue weighted by molar-refractivity contribution is -0.139. The van der Waals surface area contributed by atoms with Crippen LogP contribution in [0.25, 0.3) is 0 Å². The van der Waals surface area contributed by atoms with Gasteiger partial charge in [-0.1, -0.05) is 0 Å². The minimum atomic E-state index is -0.747. The van der Waals surface area contributed by atoms with Gasteiger partial charge in [0, 0.05) is 10.9 Å². The van der Waals surface area contributed by atoms with Gasteiger partial charge in [-0.3, -0.25) is 4.79 Å². The van der Waals surface area contributed by atoms with E-state index in [1.807, 2.05) is 0 Å². The smallest absolute Gasteiger partial charge is 0.312 e. The van der Waals surface area contributed by atoms with E-state index in [1.165, 1.54) is 0 Å². The summed E-state index contributed by atoms with van der Waals surface area (Å²) in [5.41, 5.74) is 0.788. The summed E-state index contributed by atoms with van der Waals surface area (Å²) in [6.45, 7) is 3.16. The molecule has 0 aliphatic heterocycles. The Kier molecular flexibility index (Phi) is 4.99. The fourth-order valence-corrected chi connectivity index (χ4v) is 3.63. The molecule has 112 valence electrons. The van der Waals surface area contributed by atoms with Crippen LogP contribution in [0.1, 0.15) is 42.7 Å². The van der Waals surface area contributed by atoms with Crippen molar-refractivity contribution in [1.82, 2.24) is 9.88 Å². The molecule has 20 heavy (non-hydrogen) atoms. The predicted octanol–water partition coefficient (Wildman–Crippen LogP) is 2.40. The van der Waals surface area contributed by atoms with Crippen molar-refractivity contribution in [3.05, 3.63) is 10.6 Å². The van der Waals surface area contributed by atoms with Crippen LogP contribution < -0.4 is 5.32 Å². The Morgan fingerprint density at radius 1 is 1.60 bits per heavy atom. The Labute approximate surface area is 124 Å². The topological polar surface area (TPSA) is 65.5 Å². The monoisotopic (exact) mass is 297 g/mol. The van der Waals surface area contributed by atoms with Gasteiger partial charge >= 0.3 is 5.97 Å². The third-order valence-electron chi connectivity index (χ3n) is 3.63. The van der Waals surface area contributed by atoms with Crippen LogP contribution in [0.15, 0.2) is 0 Å². The van der Waals surface area contributed by atoms with Gasteiger partial charge < -0.3 is 15.3 Å². The number of hydrogen-bond acceptors (Lipinski definition) is 5. The van der Waals surface area contributed by atoms with E-state index < -0.39 is 11.9 Å². The number of fused-ring (bicyclic) bond motifs is 1. The van der Waals surface area contributed by atoms with Gasteiger partial charge in [-0.2, -0.15) is 0 Å². The van der Waals surface area contributed by atoms with Crippen LogP contribution in [0.3, 0.4) is 0 Å². The molecule has 0 fully saturated rings. The average molecular weight is 297 g/mol. The molecule has 2 unspecified atom stereocenters. The first-order valence-electron chi connectivity index (χ1n) is 7.11. The molecule has 1 aromatic heterocycles. The SMILES string of the molecule is CC(CCN(C)C)Nc1nc2c(s1)CCCC2C(=O)O. The maximum absolute atomic E-state index is 11.3. The first kappa shape index (κ1) is 15.3. The molecule has 0 aromatic carbocycles. The van der Waals surface area contributed by atoms with Crippen molar-refractivity contribution in [3.63, 3.8) is 0 Å². The van der Waals surface area contributed by atoms with Crippen molar-refractivity contribution in [2.24, 2.45) is 0 Å². The number of carbonyl (C=O) groups is 1. The van der Waals surface area contributed by atoms with E-state index in [1.54, 1.807) is 11.3 Å². The second-order valence-electron chi connectivity index (χ2n) is 5.75. The molecule has 1 aliphatic carbocycles. The molecule has 2 N–H and O–H groups in total. The molecule has 1 aliphatic rings. The zero-order chi connectivity index (χ0) is 14.7. The fraction of sp³-hybridized carbons (Fsp3) is 0.714. The molecule has 0 amide bonds. The van der Waals surface area contributed by atoms with E-state index in [4.69, 9.17) is 0 Å². The van der Waals surface area contributed by atoms with Crippen LogP contribution in [-0.2, 0) is 11.2 Å². The number of aromatic nitrogens is 1. The van der Waals surface area contributed by atoms with Crippen LogP contribution in [0.2, 0.25) is 0 Å². The molecule has 0 saturated heterocycles. The molecule has 0 radical (unpaired) electrons. The first-order valence-corrected chi connectivity index (χ1v) is 7.92. The summed E-state index contributed by atoms with van der Waals surface area (Å²) in [5.74, 6) is -1.16. The van der Waals surface area contributed by atoms with Gasteiger partial charge in [0.2, 0.25) is 0 Å². The largest absolute Gasteiger partial charge is 0.481 e. The lowest BCUT2D eigenvalue weighted by Gasteiger charge is -2.16. The maximum atomic E-state index is 11.3. The Morgan fingerprint density at radius 2 is 2.35 bits per heavy atom. The van der Waals surface area contributed by atoms with Gasteiger partial charge in [-0.15, -0.1) is 11.3 Å². The standard InChI is InChI=1S/C14H23N3O2S/c1-9(7-8-17(2)3)15-14-16-12-10(13(18)19)5-4-6-11(12)20-14/h9-10H,4-8H2,1-3H3,(H,15,16)(H,18,19). The normalized spacial score (nSPS) is 19.7. The number of nitrogens with one attached hydrogen (secondary N) is 1. The summed E-state index contributed by atoms with van der Waals surface area (Å²) < 4.78 is 0. The van der Waals surface area contributed by atoms with Gasteiger partial charge in [-0.05, 0) is 53.2 Å². The molecule has 2 atom stereocenters. The van der Waals surface area contributed by atoms with Gasteiger partial charge in [0.25, 0.3) is 0 Å². The Morgan fingerprint density at radius 3 is 3.00 bits per heavy atom. The van der Waals surface area contributed by atoms with Crippen LogP contribution in [0.5, 0.6) is 0 Å². The van der Waals surface area contributed by atoms with E-state index >= 15 is 0 Å². The van der Waals surface area contributed by atoms with Crippen molar-refractivity contribution in [2.45, 2.75) is 44.6 Å². The van der Waals surface area contributed by atoms with Crippen molar-refractivity contribution in [1.29, 1.82) is 0 Å². The number of rotatable bonds is 6. The molecule has 1 aromatic rings. The van der Waals surface area contributed by atoms with E-state index in [-0.39, 0.29) is 0 Å². The molecule has 0 spiro atoms. The van der Waals surface area contributed by atoms with Gasteiger partial charge in [0.1, 0.15) is 5.92 Å². The number of aryl methyl sites for hydroxylation is 1. The Bertz CT molecular complexity index is 473. The summed E-state index contributed by atoms with van der Waals surface area (Å²) in [6, 6.07) is 0.341. The molecule has 0 bridgehead atoms. The van der Waals surface area contributed by atoms with E-state index in [9.17, 15) is 9.90 Å². The minimum absolute atomic E-state index is 0.341. The third-order valence-corrected chi connectivity index (χ3v) is 4.69. The Hall–Kier alpha value is -1.14. The van der Waals surface area contributed by atoms with Crippen LogP contribution in [0, 0.1) is 0 Å². The number of hydrogen-bond donors (Lipinski definition) is 2. The fourth-order valence-electron chi connectivity index (χ4n) is 2.46. The zero-order valence-corrected chi connectivity index (χ0v) is 13.2. The summed E-state index contributed by atoms with van der Waals surface area (Å²) >= 11 is 1.62. The summed E-state index contributed by atoms with van der Waals surface area (Å²) in [5, 5.41) is 13.5. The lowest BCUT2D eigenvalue weighted by Crippen LogP contribution is -2.23. The highest BCUT2D eigenvalue weighted by Gasteiger charge is 2.30. The molecule has 5 nitrogen and oxygen atoms in total. The molecular weight excluding hydrogens is 274 g/mol. The minimum Gasteiger partial charge on any atom is -0.481 e. The highest BCUT2D eigenvalue weighted by molar-refractivity contribution is 7.15. The van der Waals surface area contributed by atoms with E-state index in [0.717, 1.165) is 41.5 Å². The zero-order valence-electron chi connectivity index (χ0n) is 12.3. The first-order chi connectivity index (χ1) is 9.47. The number of carboxylic acids is 1. The molecular formula is C14H23N3O2S. The second kappa shape index (κ2) is 6.54. The van der Waals surface area contributed by atoms with E-state index in [0.29, 0.717) is 12.5 Å². The number of carboxylic acid groups (broad SMARTS) is 1. The Balaban J connectivity index is 2.02. The summed E-state index contributed by atoms with van der Waals surface area (Å²) in [7, 11) is 4.12. The lowest BCUT2D eigenvalue weighted by atomic mass is 9.91. The van der Waals surface area contributed by atoms with Gasteiger partial charge in [0.15, 0.2) is 5.13 Å². The average Bonchev–Trinajstić information content (AvgIpc) is 2.77. The number of thiazole rings is 1. The highest BCUT2D eigenvalue weighted by atomic mass is 32.1. The van der Waals surface area contributed by atoms with Crippen LogP contribution in [0.4, 0.5) is 5.13 Å². The third kappa shape index (κ3) is 3.70. The van der Waals surface area contributed by atoms with E-state index in [2.05, 4.69) is 36.2 Å². The summed E-state index contributed by atoms with van der Waals surface area (Å²) in [4.78, 5) is 19.1. The van der Waals surface area contributed by atoms with Crippen molar-refractivity contribution in [2.75, 3.05) is 26.0 Å². The molecule has 0 saturated carbocycles. The van der Waals surface area contributed by atoms with Crippen molar-refractivity contribution >= 4 is 22.4 Å². The predicted molar refractivity (Wildman–Crippen MR) is 81.7 cm³/mol. The van der Waals surface area contributed by atoms with Crippen LogP contribution in [-0.4, -0.2) is 47.6 Å². The number of aliphatic carboxylic acids is 1. The molecule has 6 heteroatoms. The van der Waals surface area contributed by atoms with Crippen molar-refractivity contribution < 1.29 is 9.90 Å². The van der Waals surface area contributed by atoms with Gasteiger partial charge in [-0.25, -0.2) is 4.98 Å². The second-order valence-corrected chi connectivity index (χ2v) is 6.83. The summed E-state index contributed by atoms with van der Waals surface area (Å²) in [6.07, 6.45) is 3.66. The highest BCUT2D eigenvalue weighted by Crippen LogP contribution is 2.37. The van der Waals surface area contributed by atoms with Crippen molar-refractivity contribution in [3.8, 4) is 0 Å². The number of anilines is 1. The van der Waals surface area contributed by atoms with Crippen LogP contribution >= 0.6 is 11.3 Å². The number of nitrogens with zero attached hydrogens (tertiary/aromatic N) is 2.